The number of imidazole rings is 1. The van der Waals surface area contributed by atoms with Gasteiger partial charge in [-0.05, 0) is 36.8 Å². The molecule has 0 aliphatic rings. The first kappa shape index (κ1) is 41.1. The van der Waals surface area contributed by atoms with Gasteiger partial charge < -0.3 is 0 Å². The monoisotopic (exact) mass is 670 g/mol. The minimum atomic E-state index is 0.0291. The van der Waals surface area contributed by atoms with Gasteiger partial charge in [-0.1, -0.05) is 216 Å². The molecule has 3 rings (SSSR count). The second-order valence-electron chi connectivity index (χ2n) is 15.7. The van der Waals surface area contributed by atoms with E-state index in [0.29, 0.717) is 0 Å². The summed E-state index contributed by atoms with van der Waals surface area (Å²) < 4.78 is 5.26. The van der Waals surface area contributed by atoms with E-state index in [1.165, 1.54) is 178 Å². The third-order valence-corrected chi connectivity index (χ3v) is 11.0. The van der Waals surface area contributed by atoms with Crippen LogP contribution in [0.5, 0.6) is 0 Å². The molecule has 1 unspecified atom stereocenters. The van der Waals surface area contributed by atoms with Gasteiger partial charge in [0.25, 0.3) is 5.82 Å². The molecule has 1 atom stereocenters. The van der Waals surface area contributed by atoms with Crippen LogP contribution in [0.15, 0.2) is 73.1 Å². The molecular formula is C47H77N2+. The van der Waals surface area contributed by atoms with Gasteiger partial charge in [-0.15, -0.1) is 0 Å². The predicted octanol–water partition coefficient (Wildman–Crippen LogP) is 13.9. The molecule has 2 aromatic carbocycles. The van der Waals surface area contributed by atoms with E-state index in [1.54, 1.807) is 5.82 Å². The molecular weight excluding hydrogens is 593 g/mol. The van der Waals surface area contributed by atoms with Crippen molar-refractivity contribution in [3.63, 3.8) is 0 Å². The molecule has 3 aromatic rings. The van der Waals surface area contributed by atoms with E-state index < -0.39 is 0 Å². The van der Waals surface area contributed by atoms with Gasteiger partial charge in [-0.3, -0.25) is 0 Å². The van der Waals surface area contributed by atoms with Crippen molar-refractivity contribution in [1.29, 1.82) is 0 Å². The summed E-state index contributed by atoms with van der Waals surface area (Å²) in [6.45, 7) is 9.29. The van der Waals surface area contributed by atoms with Gasteiger partial charge in [0, 0.05) is 11.8 Å². The van der Waals surface area contributed by atoms with Gasteiger partial charge in [0.05, 0.1) is 13.1 Å². The van der Waals surface area contributed by atoms with Gasteiger partial charge in [0.2, 0.25) is 0 Å². The number of rotatable bonds is 31. The number of hydrogen-bond donors (Lipinski definition) is 0. The quantitative estimate of drug-likeness (QED) is 0.0476. The lowest BCUT2D eigenvalue weighted by Gasteiger charge is -2.29. The Bertz CT molecular complexity index is 1170. The third-order valence-electron chi connectivity index (χ3n) is 11.0. The number of aromatic nitrogens is 2. The molecule has 0 aliphatic heterocycles. The molecule has 0 saturated heterocycles. The zero-order chi connectivity index (χ0) is 34.7. The highest BCUT2D eigenvalue weighted by Gasteiger charge is 2.32. The second kappa shape index (κ2) is 26.5. The summed E-state index contributed by atoms with van der Waals surface area (Å²) in [5.74, 6) is 1.54. The fourth-order valence-corrected chi connectivity index (χ4v) is 7.89. The largest absolute Gasteiger partial charge is 0.256 e. The van der Waals surface area contributed by atoms with Crippen molar-refractivity contribution in [2.24, 2.45) is 0 Å². The lowest BCUT2D eigenvalue weighted by Crippen LogP contribution is -2.47. The molecule has 2 nitrogen and oxygen atoms in total. The van der Waals surface area contributed by atoms with Crippen molar-refractivity contribution in [2.75, 3.05) is 0 Å². The Morgan fingerprint density at radius 1 is 0.510 bits per heavy atom. The van der Waals surface area contributed by atoms with Crippen LogP contribution in [0.4, 0.5) is 0 Å². The van der Waals surface area contributed by atoms with Gasteiger partial charge in [-0.25, -0.2) is 9.13 Å². The van der Waals surface area contributed by atoms with Crippen LogP contribution in [0, 0.1) is 0 Å². The maximum absolute atomic E-state index is 2.63. The van der Waals surface area contributed by atoms with Crippen molar-refractivity contribution >= 4 is 0 Å². The van der Waals surface area contributed by atoms with Crippen molar-refractivity contribution in [3.05, 3.63) is 90.0 Å². The van der Waals surface area contributed by atoms with E-state index in [2.05, 4.69) is 103 Å². The molecule has 0 amide bonds. The Kier molecular flexibility index (Phi) is 22.2. The van der Waals surface area contributed by atoms with Crippen LogP contribution >= 0.6 is 0 Å². The normalized spacial score (nSPS) is 12.8. The highest BCUT2D eigenvalue weighted by atomic mass is 15.2. The second-order valence-corrected chi connectivity index (χ2v) is 15.7. The Hall–Kier alpha value is -2.35. The van der Waals surface area contributed by atoms with E-state index in [-0.39, 0.29) is 5.41 Å². The van der Waals surface area contributed by atoms with Crippen LogP contribution in [-0.4, -0.2) is 4.57 Å². The van der Waals surface area contributed by atoms with Crippen LogP contribution in [-0.2, 0) is 31.3 Å². The number of benzene rings is 2. The molecule has 1 aromatic heterocycles. The van der Waals surface area contributed by atoms with Gasteiger partial charge >= 0.3 is 0 Å². The number of nitrogens with zero attached hydrogens (tertiary/aromatic N) is 2. The highest BCUT2D eigenvalue weighted by Crippen LogP contribution is 2.29. The van der Waals surface area contributed by atoms with E-state index in [9.17, 15) is 0 Å². The molecule has 49 heavy (non-hydrogen) atoms. The first-order chi connectivity index (χ1) is 24.2. The maximum atomic E-state index is 2.63. The summed E-state index contributed by atoms with van der Waals surface area (Å²) in [4.78, 5) is 0. The standard InChI is InChI=1S/C47H77N2/c1-4-6-8-10-12-14-15-16-17-18-19-21-23-25-33-39-48-40-41-49(46(48)38-32-24-22-20-13-11-9-7-5-2)43-47(3,45-36-30-27-31-37-45)42-44-34-28-26-29-35-44/h26-31,34-37,40-41H,4-25,32-33,38-39,42-43H2,1-3H3/q+1. The van der Waals surface area contributed by atoms with Crippen molar-refractivity contribution in [1.82, 2.24) is 4.57 Å². The summed E-state index contributed by atoms with van der Waals surface area (Å²) in [5, 5.41) is 0. The topological polar surface area (TPSA) is 8.81 Å². The summed E-state index contributed by atoms with van der Waals surface area (Å²) in [7, 11) is 0. The summed E-state index contributed by atoms with van der Waals surface area (Å²) >= 11 is 0. The fourth-order valence-electron chi connectivity index (χ4n) is 7.89. The van der Waals surface area contributed by atoms with Crippen molar-refractivity contribution < 1.29 is 4.57 Å². The molecule has 0 bridgehead atoms. The maximum Gasteiger partial charge on any atom is 0.256 e. The Morgan fingerprint density at radius 3 is 1.43 bits per heavy atom. The molecule has 0 aliphatic carbocycles. The summed E-state index contributed by atoms with van der Waals surface area (Å²) in [6.07, 6.45) is 40.9. The molecule has 0 fully saturated rings. The highest BCUT2D eigenvalue weighted by molar-refractivity contribution is 5.28. The zero-order valence-electron chi connectivity index (χ0n) is 32.6. The van der Waals surface area contributed by atoms with Crippen molar-refractivity contribution in [2.45, 2.75) is 206 Å². The van der Waals surface area contributed by atoms with Crippen molar-refractivity contribution in [3.8, 4) is 0 Å². The molecule has 2 heteroatoms. The Balaban J connectivity index is 1.50. The SMILES string of the molecule is CCCCCCCCCCCCCCCCCn1cc[n+](CC(C)(Cc2ccccc2)c2ccccc2)c1CCCCCCCCCCC. The number of unbranched alkanes of at least 4 members (excludes halogenated alkanes) is 22. The van der Waals surface area contributed by atoms with E-state index in [0.717, 1.165) is 13.0 Å². The van der Waals surface area contributed by atoms with E-state index in [1.807, 2.05) is 0 Å². The molecule has 274 valence electrons. The van der Waals surface area contributed by atoms with Crippen LogP contribution in [0.1, 0.15) is 192 Å². The molecule has 1 heterocycles. The smallest absolute Gasteiger partial charge is 0.234 e. The first-order valence-electron chi connectivity index (χ1n) is 21.3. The Labute approximate surface area is 304 Å². The minimum Gasteiger partial charge on any atom is -0.234 e. The zero-order valence-corrected chi connectivity index (χ0v) is 32.6. The van der Waals surface area contributed by atoms with Gasteiger partial charge in [0.15, 0.2) is 0 Å². The third kappa shape index (κ3) is 17.4. The van der Waals surface area contributed by atoms with E-state index in [4.69, 9.17) is 0 Å². The lowest BCUT2D eigenvalue weighted by molar-refractivity contribution is -0.711. The van der Waals surface area contributed by atoms with E-state index >= 15 is 0 Å². The lowest BCUT2D eigenvalue weighted by atomic mass is 9.77. The summed E-state index contributed by atoms with van der Waals surface area (Å²) in [5.41, 5.74) is 2.89. The average molecular weight is 670 g/mol. The molecule has 0 N–H and O–H groups in total. The van der Waals surface area contributed by atoms with Gasteiger partial charge in [-0.2, -0.15) is 0 Å². The van der Waals surface area contributed by atoms with Crippen LogP contribution in [0.3, 0.4) is 0 Å². The van der Waals surface area contributed by atoms with Crippen LogP contribution < -0.4 is 4.57 Å². The summed E-state index contributed by atoms with van der Waals surface area (Å²) in [6, 6.07) is 22.4. The predicted molar refractivity (Wildman–Crippen MR) is 214 cm³/mol. The van der Waals surface area contributed by atoms with Crippen LogP contribution in [0.25, 0.3) is 0 Å². The number of hydrogen-bond acceptors (Lipinski definition) is 0. The number of aryl methyl sites for hydroxylation is 1. The first-order valence-corrected chi connectivity index (χ1v) is 21.3. The average Bonchev–Trinajstić information content (AvgIpc) is 3.50. The minimum absolute atomic E-state index is 0.0291. The Morgan fingerprint density at radius 2 is 0.939 bits per heavy atom. The van der Waals surface area contributed by atoms with Gasteiger partial charge in [0.1, 0.15) is 12.4 Å². The molecule has 0 saturated carbocycles. The van der Waals surface area contributed by atoms with Crippen LogP contribution in [0.2, 0.25) is 0 Å². The fraction of sp³-hybridized carbons (Fsp3) is 0.681. The molecule has 0 radical (unpaired) electrons. The molecule has 0 spiro atoms.